The summed E-state index contributed by atoms with van der Waals surface area (Å²) in [5.74, 6) is -1.27. The Morgan fingerprint density at radius 3 is 2.65 bits per heavy atom. The minimum atomic E-state index is -0.871. The molecule has 1 atom stereocenters. The zero-order chi connectivity index (χ0) is 14.5. The predicted molar refractivity (Wildman–Crippen MR) is 72.9 cm³/mol. The van der Waals surface area contributed by atoms with E-state index in [1.54, 1.807) is 24.3 Å². The summed E-state index contributed by atoms with van der Waals surface area (Å²) in [6, 6.07) is 10.6. The van der Waals surface area contributed by atoms with Crippen LogP contribution >= 0.6 is 11.6 Å². The highest BCUT2D eigenvalue weighted by molar-refractivity contribution is 6.30. The van der Waals surface area contributed by atoms with Crippen molar-refractivity contribution in [3.8, 4) is 0 Å². The monoisotopic (exact) mass is 294 g/mol. The number of aliphatic hydroxyl groups is 1. The predicted octanol–water partition coefficient (Wildman–Crippen LogP) is 2.34. The molecule has 0 fully saturated rings. The number of carbonyl (C=O) groups excluding carboxylic acids is 1. The lowest BCUT2D eigenvalue weighted by Crippen LogP contribution is -2.29. The first-order valence-corrected chi connectivity index (χ1v) is 6.28. The lowest BCUT2D eigenvalue weighted by Gasteiger charge is -2.12. The minimum absolute atomic E-state index is 0.00133. The van der Waals surface area contributed by atoms with Crippen LogP contribution in [0.15, 0.2) is 42.5 Å². The van der Waals surface area contributed by atoms with Gasteiger partial charge in [-0.3, -0.25) is 4.79 Å². The molecule has 4 nitrogen and oxygen atoms in total. The molecule has 20 heavy (non-hydrogen) atoms. The van der Waals surface area contributed by atoms with Gasteiger partial charge in [0, 0.05) is 11.6 Å². The average molecular weight is 295 g/mol. The summed E-state index contributed by atoms with van der Waals surface area (Å²) in [4.78, 5) is 15.2. The first-order valence-electron chi connectivity index (χ1n) is 5.90. The Morgan fingerprint density at radius 1 is 1.30 bits per heavy atom. The Labute approximate surface area is 120 Å². The van der Waals surface area contributed by atoms with Gasteiger partial charge in [-0.2, -0.15) is 4.39 Å². The van der Waals surface area contributed by atoms with Crippen molar-refractivity contribution in [2.75, 3.05) is 6.54 Å². The molecule has 6 heteroatoms. The molecule has 2 aromatic rings. The number of hydrogen-bond donors (Lipinski definition) is 2. The Kier molecular flexibility index (Phi) is 4.65. The first kappa shape index (κ1) is 14.4. The van der Waals surface area contributed by atoms with E-state index in [4.69, 9.17) is 11.6 Å². The fourth-order valence-corrected chi connectivity index (χ4v) is 1.74. The second-order valence-electron chi connectivity index (χ2n) is 4.12. The first-order chi connectivity index (χ1) is 9.56. The molecule has 0 saturated carbocycles. The topological polar surface area (TPSA) is 62.2 Å². The number of amides is 1. The molecule has 104 valence electrons. The van der Waals surface area contributed by atoms with Gasteiger partial charge in [-0.1, -0.05) is 29.8 Å². The zero-order valence-electron chi connectivity index (χ0n) is 10.4. The summed E-state index contributed by atoms with van der Waals surface area (Å²) in [5.41, 5.74) is 0.593. The number of nitrogens with zero attached hydrogens (tertiary/aromatic N) is 1. The van der Waals surface area contributed by atoms with Crippen LogP contribution in [-0.2, 0) is 0 Å². The molecule has 1 amide bonds. The number of pyridine rings is 1. The van der Waals surface area contributed by atoms with Crippen molar-refractivity contribution in [1.29, 1.82) is 0 Å². The fourth-order valence-electron chi connectivity index (χ4n) is 1.62. The zero-order valence-corrected chi connectivity index (χ0v) is 11.1. The van der Waals surface area contributed by atoms with Gasteiger partial charge in [0.25, 0.3) is 5.91 Å². The van der Waals surface area contributed by atoms with Gasteiger partial charge in [0.2, 0.25) is 5.95 Å². The summed E-state index contributed by atoms with van der Waals surface area (Å²) in [7, 11) is 0. The van der Waals surface area contributed by atoms with Crippen molar-refractivity contribution in [3.05, 3.63) is 64.7 Å². The quantitative estimate of drug-likeness (QED) is 0.851. The molecule has 1 aromatic heterocycles. The standard InChI is InChI=1S/C14H12ClFN2O2/c15-10-6-4-9(5-7-10)12(19)8-17-14(20)11-2-1-3-13(16)18-11/h1-7,12,19H,8H2,(H,17,20). The van der Waals surface area contributed by atoms with Gasteiger partial charge in [-0.05, 0) is 29.8 Å². The fraction of sp³-hybridized carbons (Fsp3) is 0.143. The number of aromatic nitrogens is 1. The summed E-state index contributed by atoms with van der Waals surface area (Å²) in [6.07, 6.45) is -0.871. The summed E-state index contributed by atoms with van der Waals surface area (Å²) in [6.45, 7) is -0.00133. The Hall–Kier alpha value is -1.98. The molecule has 1 heterocycles. The van der Waals surface area contributed by atoms with Crippen molar-refractivity contribution < 1.29 is 14.3 Å². The Balaban J connectivity index is 1.94. The van der Waals surface area contributed by atoms with Crippen molar-refractivity contribution in [2.45, 2.75) is 6.10 Å². The third-order valence-electron chi connectivity index (χ3n) is 2.66. The summed E-state index contributed by atoms with van der Waals surface area (Å²) >= 11 is 5.74. The summed E-state index contributed by atoms with van der Waals surface area (Å²) < 4.78 is 12.9. The number of hydrogen-bond acceptors (Lipinski definition) is 3. The number of nitrogens with one attached hydrogen (secondary N) is 1. The van der Waals surface area contributed by atoms with Crippen molar-refractivity contribution in [1.82, 2.24) is 10.3 Å². The normalized spacial score (nSPS) is 11.9. The van der Waals surface area contributed by atoms with E-state index in [0.29, 0.717) is 10.6 Å². The van der Waals surface area contributed by atoms with E-state index in [1.165, 1.54) is 12.1 Å². The lowest BCUT2D eigenvalue weighted by molar-refractivity contribution is 0.0910. The smallest absolute Gasteiger partial charge is 0.270 e. The largest absolute Gasteiger partial charge is 0.387 e. The van der Waals surface area contributed by atoms with Crippen molar-refractivity contribution in [2.24, 2.45) is 0 Å². The maximum Gasteiger partial charge on any atom is 0.270 e. The van der Waals surface area contributed by atoms with Crippen LogP contribution in [0.25, 0.3) is 0 Å². The van der Waals surface area contributed by atoms with E-state index in [1.807, 2.05) is 0 Å². The van der Waals surface area contributed by atoms with Crippen LogP contribution in [0.4, 0.5) is 4.39 Å². The second-order valence-corrected chi connectivity index (χ2v) is 4.56. The molecule has 0 spiro atoms. The van der Waals surface area contributed by atoms with E-state index in [-0.39, 0.29) is 12.2 Å². The molecule has 0 aliphatic heterocycles. The molecule has 1 unspecified atom stereocenters. The molecule has 1 aromatic carbocycles. The molecule has 2 N–H and O–H groups in total. The molecule has 2 rings (SSSR count). The van der Waals surface area contributed by atoms with Crippen LogP contribution in [-0.4, -0.2) is 22.5 Å². The van der Waals surface area contributed by atoms with Crippen LogP contribution in [0.1, 0.15) is 22.2 Å². The number of halogens is 2. The minimum Gasteiger partial charge on any atom is -0.387 e. The van der Waals surface area contributed by atoms with Gasteiger partial charge in [0.1, 0.15) is 5.69 Å². The molecule has 0 bridgehead atoms. The second kappa shape index (κ2) is 6.45. The number of aliphatic hydroxyl groups excluding tert-OH is 1. The van der Waals surface area contributed by atoms with Crippen molar-refractivity contribution >= 4 is 17.5 Å². The van der Waals surface area contributed by atoms with E-state index < -0.39 is 18.0 Å². The highest BCUT2D eigenvalue weighted by atomic mass is 35.5. The van der Waals surface area contributed by atoms with E-state index in [9.17, 15) is 14.3 Å². The third kappa shape index (κ3) is 3.76. The molecular formula is C14H12ClFN2O2. The van der Waals surface area contributed by atoms with Crippen LogP contribution in [0.3, 0.4) is 0 Å². The van der Waals surface area contributed by atoms with Crippen LogP contribution in [0.2, 0.25) is 5.02 Å². The number of carbonyl (C=O) groups is 1. The SMILES string of the molecule is O=C(NCC(O)c1ccc(Cl)cc1)c1cccc(F)n1. The van der Waals surface area contributed by atoms with Gasteiger partial charge in [0.05, 0.1) is 6.10 Å². The van der Waals surface area contributed by atoms with Gasteiger partial charge in [0.15, 0.2) is 0 Å². The Morgan fingerprint density at radius 2 is 2.00 bits per heavy atom. The van der Waals surface area contributed by atoms with Gasteiger partial charge < -0.3 is 10.4 Å². The Bertz CT molecular complexity index is 604. The molecular weight excluding hydrogens is 283 g/mol. The van der Waals surface area contributed by atoms with Crippen LogP contribution in [0.5, 0.6) is 0 Å². The molecule has 0 aliphatic rings. The van der Waals surface area contributed by atoms with Gasteiger partial charge in [-0.15, -0.1) is 0 Å². The van der Waals surface area contributed by atoms with Gasteiger partial charge >= 0.3 is 0 Å². The summed E-state index contributed by atoms with van der Waals surface area (Å²) in [5, 5.41) is 13.0. The number of rotatable bonds is 4. The molecule has 0 radical (unpaired) electrons. The molecule has 0 aliphatic carbocycles. The maximum absolute atomic E-state index is 12.9. The lowest BCUT2D eigenvalue weighted by atomic mass is 10.1. The maximum atomic E-state index is 12.9. The van der Waals surface area contributed by atoms with Crippen molar-refractivity contribution in [3.63, 3.8) is 0 Å². The number of benzene rings is 1. The van der Waals surface area contributed by atoms with Crippen LogP contribution in [0, 0.1) is 5.95 Å². The third-order valence-corrected chi connectivity index (χ3v) is 2.91. The average Bonchev–Trinajstić information content (AvgIpc) is 2.45. The van der Waals surface area contributed by atoms with Crippen LogP contribution < -0.4 is 5.32 Å². The molecule has 0 saturated heterocycles. The van der Waals surface area contributed by atoms with Gasteiger partial charge in [-0.25, -0.2) is 4.98 Å². The van der Waals surface area contributed by atoms with E-state index >= 15 is 0 Å². The van der Waals surface area contributed by atoms with E-state index in [2.05, 4.69) is 10.3 Å². The highest BCUT2D eigenvalue weighted by Crippen LogP contribution is 2.15. The highest BCUT2D eigenvalue weighted by Gasteiger charge is 2.12. The van der Waals surface area contributed by atoms with E-state index in [0.717, 1.165) is 6.07 Å².